The van der Waals surface area contributed by atoms with Crippen molar-refractivity contribution < 1.29 is 4.79 Å². The molecule has 1 rings (SSSR count). The number of hydrogen-bond donors (Lipinski definition) is 1. The van der Waals surface area contributed by atoms with Gasteiger partial charge in [-0.3, -0.25) is 10.1 Å². The van der Waals surface area contributed by atoms with Crippen molar-refractivity contribution >= 4 is 34.1 Å². The number of thioether (sulfide) groups is 1. The topological polar surface area (TPSA) is 78.7 Å². The van der Waals surface area contributed by atoms with Crippen molar-refractivity contribution in [2.45, 2.75) is 26.2 Å². The van der Waals surface area contributed by atoms with Crippen LogP contribution < -0.4 is 5.32 Å². The predicted molar refractivity (Wildman–Crippen MR) is 70.2 cm³/mol. The van der Waals surface area contributed by atoms with Crippen molar-refractivity contribution in [3.05, 3.63) is 5.01 Å². The summed E-state index contributed by atoms with van der Waals surface area (Å²) in [6, 6.07) is 2.03. The Morgan fingerprint density at radius 1 is 1.59 bits per heavy atom. The van der Waals surface area contributed by atoms with E-state index in [1.165, 1.54) is 23.1 Å². The van der Waals surface area contributed by atoms with E-state index in [0.717, 1.165) is 5.01 Å². The van der Waals surface area contributed by atoms with E-state index in [1.807, 2.05) is 19.9 Å². The van der Waals surface area contributed by atoms with Gasteiger partial charge in [-0.15, -0.1) is 10.2 Å². The molecule has 92 valence electrons. The average Bonchev–Trinajstić information content (AvgIpc) is 2.73. The van der Waals surface area contributed by atoms with Gasteiger partial charge in [-0.25, -0.2) is 0 Å². The van der Waals surface area contributed by atoms with Gasteiger partial charge in [-0.1, -0.05) is 25.2 Å². The highest BCUT2D eigenvalue weighted by atomic mass is 32.2. The zero-order valence-corrected chi connectivity index (χ0v) is 11.4. The number of nitrogens with zero attached hydrogens (tertiary/aromatic N) is 3. The molecule has 0 unspecified atom stereocenters. The summed E-state index contributed by atoms with van der Waals surface area (Å²) in [7, 11) is 0. The standard InChI is InChI=1S/C10H14N4OS2/c1-7(2)9-13-14-10(17-9)12-8(15)6-16-5-3-4-11/h7H,3,5-6H2,1-2H3,(H,12,14,15). The second-order valence-corrected chi connectivity index (χ2v) is 5.72. The number of nitriles is 1. The maximum atomic E-state index is 11.5. The Labute approximate surface area is 109 Å². The number of amides is 1. The maximum absolute atomic E-state index is 11.5. The van der Waals surface area contributed by atoms with Gasteiger partial charge in [0.1, 0.15) is 5.01 Å². The zero-order valence-electron chi connectivity index (χ0n) is 9.77. The van der Waals surface area contributed by atoms with Crippen molar-refractivity contribution in [1.29, 1.82) is 5.26 Å². The SMILES string of the molecule is CC(C)c1nnc(NC(=O)CSCCC#N)s1. The molecule has 1 amide bonds. The first kappa shape index (κ1) is 13.9. The van der Waals surface area contributed by atoms with Crippen molar-refractivity contribution in [2.24, 2.45) is 0 Å². The molecule has 0 aromatic carbocycles. The largest absolute Gasteiger partial charge is 0.300 e. The molecule has 0 fully saturated rings. The molecule has 7 heteroatoms. The third-order valence-corrected chi connectivity index (χ3v) is 3.87. The molecule has 1 heterocycles. The molecule has 1 aromatic heterocycles. The molecule has 0 spiro atoms. The lowest BCUT2D eigenvalue weighted by Crippen LogP contribution is -2.14. The lowest BCUT2D eigenvalue weighted by atomic mass is 10.2. The zero-order chi connectivity index (χ0) is 12.7. The Balaban J connectivity index is 2.32. The second-order valence-electron chi connectivity index (χ2n) is 3.61. The number of hydrogen-bond acceptors (Lipinski definition) is 6. The summed E-state index contributed by atoms with van der Waals surface area (Å²) in [5.41, 5.74) is 0. The minimum Gasteiger partial charge on any atom is -0.300 e. The van der Waals surface area contributed by atoms with Crippen LogP contribution in [-0.2, 0) is 4.79 Å². The third-order valence-electron chi connectivity index (χ3n) is 1.77. The Morgan fingerprint density at radius 3 is 2.94 bits per heavy atom. The number of carbonyl (C=O) groups is 1. The van der Waals surface area contributed by atoms with Gasteiger partial charge in [0, 0.05) is 18.1 Å². The maximum Gasteiger partial charge on any atom is 0.236 e. The molecule has 0 saturated carbocycles. The van der Waals surface area contributed by atoms with Gasteiger partial charge in [-0.2, -0.15) is 17.0 Å². The molecule has 0 saturated heterocycles. The number of anilines is 1. The van der Waals surface area contributed by atoms with Crippen LogP contribution in [0.1, 0.15) is 31.2 Å². The normalized spacial score (nSPS) is 10.2. The van der Waals surface area contributed by atoms with Crippen LogP contribution in [0.3, 0.4) is 0 Å². The fourth-order valence-electron chi connectivity index (χ4n) is 0.956. The van der Waals surface area contributed by atoms with Gasteiger partial charge >= 0.3 is 0 Å². The van der Waals surface area contributed by atoms with E-state index in [0.29, 0.717) is 29.0 Å². The molecular formula is C10H14N4OS2. The van der Waals surface area contributed by atoms with Crippen molar-refractivity contribution in [1.82, 2.24) is 10.2 Å². The van der Waals surface area contributed by atoms with Gasteiger partial charge in [0.2, 0.25) is 11.0 Å². The summed E-state index contributed by atoms with van der Waals surface area (Å²) in [6.07, 6.45) is 0.467. The van der Waals surface area contributed by atoms with Crippen LogP contribution in [0.25, 0.3) is 0 Å². The van der Waals surface area contributed by atoms with Gasteiger partial charge < -0.3 is 0 Å². The molecule has 0 aliphatic carbocycles. The lowest BCUT2D eigenvalue weighted by molar-refractivity contribution is -0.113. The van der Waals surface area contributed by atoms with Gasteiger partial charge in [0.15, 0.2) is 0 Å². The molecule has 17 heavy (non-hydrogen) atoms. The molecule has 1 N–H and O–H groups in total. The molecule has 0 bridgehead atoms. The minimum absolute atomic E-state index is 0.0978. The number of rotatable bonds is 6. The van der Waals surface area contributed by atoms with Crippen LogP contribution in [0.15, 0.2) is 0 Å². The summed E-state index contributed by atoms with van der Waals surface area (Å²) in [5.74, 6) is 1.25. The Hall–Kier alpha value is -1.13. The molecular weight excluding hydrogens is 256 g/mol. The highest BCUT2D eigenvalue weighted by Gasteiger charge is 2.10. The molecule has 5 nitrogen and oxygen atoms in total. The van der Waals surface area contributed by atoms with Crippen LogP contribution in [0, 0.1) is 11.3 Å². The minimum atomic E-state index is -0.0978. The van der Waals surface area contributed by atoms with Crippen LogP contribution in [0.4, 0.5) is 5.13 Å². The summed E-state index contributed by atoms with van der Waals surface area (Å²) < 4.78 is 0. The van der Waals surface area contributed by atoms with E-state index in [1.54, 1.807) is 0 Å². The van der Waals surface area contributed by atoms with E-state index in [-0.39, 0.29) is 5.91 Å². The van der Waals surface area contributed by atoms with Crippen LogP contribution in [0.5, 0.6) is 0 Å². The smallest absolute Gasteiger partial charge is 0.236 e. The van der Waals surface area contributed by atoms with Crippen LogP contribution in [0.2, 0.25) is 0 Å². The monoisotopic (exact) mass is 270 g/mol. The third kappa shape index (κ3) is 5.15. The summed E-state index contributed by atoms with van der Waals surface area (Å²) in [6.45, 7) is 4.06. The molecule has 0 radical (unpaired) electrons. The van der Waals surface area contributed by atoms with E-state index < -0.39 is 0 Å². The van der Waals surface area contributed by atoms with Gasteiger partial charge in [-0.05, 0) is 0 Å². The first-order valence-electron chi connectivity index (χ1n) is 5.21. The number of nitrogens with one attached hydrogen (secondary N) is 1. The summed E-state index contributed by atoms with van der Waals surface area (Å²) in [5, 5.41) is 20.4. The Bertz CT molecular complexity index is 411. The highest BCUT2D eigenvalue weighted by Crippen LogP contribution is 2.22. The molecule has 0 aliphatic rings. The van der Waals surface area contributed by atoms with E-state index in [9.17, 15) is 4.79 Å². The van der Waals surface area contributed by atoms with Crippen LogP contribution >= 0.6 is 23.1 Å². The summed E-state index contributed by atoms with van der Waals surface area (Å²) in [4.78, 5) is 11.5. The fourth-order valence-corrected chi connectivity index (χ4v) is 2.36. The molecule has 0 aliphatic heterocycles. The van der Waals surface area contributed by atoms with E-state index in [4.69, 9.17) is 5.26 Å². The van der Waals surface area contributed by atoms with Crippen LogP contribution in [-0.4, -0.2) is 27.6 Å². The van der Waals surface area contributed by atoms with Crippen molar-refractivity contribution in [3.63, 3.8) is 0 Å². The number of carbonyl (C=O) groups excluding carboxylic acids is 1. The van der Waals surface area contributed by atoms with Gasteiger partial charge in [0.05, 0.1) is 11.8 Å². The summed E-state index contributed by atoms with van der Waals surface area (Å²) >= 11 is 2.84. The molecule has 0 atom stereocenters. The number of aromatic nitrogens is 2. The van der Waals surface area contributed by atoms with E-state index >= 15 is 0 Å². The Morgan fingerprint density at radius 2 is 2.35 bits per heavy atom. The first-order valence-corrected chi connectivity index (χ1v) is 7.18. The van der Waals surface area contributed by atoms with E-state index in [2.05, 4.69) is 15.5 Å². The predicted octanol–water partition coefficient (Wildman–Crippen LogP) is 2.25. The second kappa shape index (κ2) is 7.25. The Kier molecular flexibility index (Phi) is 5.94. The fraction of sp³-hybridized carbons (Fsp3) is 0.600. The van der Waals surface area contributed by atoms with Crippen molar-refractivity contribution in [2.75, 3.05) is 16.8 Å². The highest BCUT2D eigenvalue weighted by molar-refractivity contribution is 7.99. The quantitative estimate of drug-likeness (QED) is 0.802. The first-order chi connectivity index (χ1) is 8.13. The van der Waals surface area contributed by atoms with Gasteiger partial charge in [0.25, 0.3) is 0 Å². The van der Waals surface area contributed by atoms with Crippen molar-refractivity contribution in [3.8, 4) is 6.07 Å². The average molecular weight is 270 g/mol. The molecule has 1 aromatic rings. The lowest BCUT2D eigenvalue weighted by Gasteiger charge is -1.99.